The van der Waals surface area contributed by atoms with E-state index in [2.05, 4.69) is 22.4 Å². The van der Waals surface area contributed by atoms with Crippen LogP contribution in [0.4, 0.5) is 0 Å². The average molecular weight is 412 g/mol. The number of carbonyl (C=O) groups is 1. The lowest BCUT2D eigenvalue weighted by atomic mass is 9.96. The van der Waals surface area contributed by atoms with E-state index in [4.69, 9.17) is 9.47 Å². The van der Waals surface area contributed by atoms with Crippen molar-refractivity contribution in [3.05, 3.63) is 90.3 Å². The SMILES string of the molecule is COc1ccc(CC(=O)NCc2ccc(-c3cccc(OC)c3)c3ccncc23)cc1. The van der Waals surface area contributed by atoms with Crippen molar-refractivity contribution in [1.82, 2.24) is 10.3 Å². The highest BCUT2D eigenvalue weighted by Gasteiger charge is 2.10. The predicted octanol–water partition coefficient (Wildman–Crippen LogP) is 4.78. The van der Waals surface area contributed by atoms with Gasteiger partial charge in [0, 0.05) is 24.3 Å². The van der Waals surface area contributed by atoms with Crippen LogP contribution in [0.5, 0.6) is 11.5 Å². The molecule has 3 aromatic carbocycles. The highest BCUT2D eigenvalue weighted by atomic mass is 16.5. The normalized spacial score (nSPS) is 10.6. The Bertz CT molecular complexity index is 1200. The molecule has 1 heterocycles. The average Bonchev–Trinajstić information content (AvgIpc) is 2.83. The number of aromatic nitrogens is 1. The number of hydrogen-bond donors (Lipinski definition) is 1. The second-order valence-corrected chi connectivity index (χ2v) is 7.23. The summed E-state index contributed by atoms with van der Waals surface area (Å²) >= 11 is 0. The highest BCUT2D eigenvalue weighted by Crippen LogP contribution is 2.32. The van der Waals surface area contributed by atoms with Gasteiger partial charge < -0.3 is 14.8 Å². The molecule has 0 saturated carbocycles. The first-order valence-corrected chi connectivity index (χ1v) is 10.1. The summed E-state index contributed by atoms with van der Waals surface area (Å²) in [4.78, 5) is 16.8. The van der Waals surface area contributed by atoms with Crippen LogP contribution in [0, 0.1) is 0 Å². The van der Waals surface area contributed by atoms with Crippen LogP contribution in [-0.2, 0) is 17.8 Å². The Balaban J connectivity index is 1.54. The number of benzene rings is 3. The molecular formula is C26H24N2O3. The van der Waals surface area contributed by atoms with E-state index in [1.807, 2.05) is 60.8 Å². The number of carbonyl (C=O) groups excluding carboxylic acids is 1. The summed E-state index contributed by atoms with van der Waals surface area (Å²) in [5.74, 6) is 1.56. The molecule has 5 heteroatoms. The van der Waals surface area contributed by atoms with E-state index in [0.717, 1.165) is 44.5 Å². The first-order valence-electron chi connectivity index (χ1n) is 10.1. The number of amides is 1. The van der Waals surface area contributed by atoms with Gasteiger partial charge in [-0.3, -0.25) is 9.78 Å². The predicted molar refractivity (Wildman–Crippen MR) is 122 cm³/mol. The summed E-state index contributed by atoms with van der Waals surface area (Å²) in [6.07, 6.45) is 3.96. The smallest absolute Gasteiger partial charge is 0.224 e. The molecule has 0 unspecified atom stereocenters. The summed E-state index contributed by atoms with van der Waals surface area (Å²) in [6.45, 7) is 0.440. The number of fused-ring (bicyclic) bond motifs is 1. The lowest BCUT2D eigenvalue weighted by Gasteiger charge is -2.13. The minimum atomic E-state index is -0.0286. The van der Waals surface area contributed by atoms with Crippen LogP contribution in [0.1, 0.15) is 11.1 Å². The van der Waals surface area contributed by atoms with E-state index in [-0.39, 0.29) is 5.91 Å². The van der Waals surface area contributed by atoms with Crippen LogP contribution in [0.15, 0.2) is 79.1 Å². The molecule has 0 aliphatic carbocycles. The first-order chi connectivity index (χ1) is 15.2. The summed E-state index contributed by atoms with van der Waals surface area (Å²) in [6, 6.07) is 21.7. The molecule has 31 heavy (non-hydrogen) atoms. The summed E-state index contributed by atoms with van der Waals surface area (Å²) in [5, 5.41) is 5.14. The van der Waals surface area contributed by atoms with Crippen molar-refractivity contribution in [1.29, 1.82) is 0 Å². The van der Waals surface area contributed by atoms with Crippen molar-refractivity contribution < 1.29 is 14.3 Å². The van der Waals surface area contributed by atoms with E-state index in [1.54, 1.807) is 20.4 Å². The van der Waals surface area contributed by atoms with E-state index >= 15 is 0 Å². The molecule has 0 bridgehead atoms. The molecule has 1 aromatic heterocycles. The number of rotatable bonds is 7. The Morgan fingerprint density at radius 3 is 2.48 bits per heavy atom. The lowest BCUT2D eigenvalue weighted by molar-refractivity contribution is -0.120. The molecule has 0 spiro atoms. The molecule has 4 aromatic rings. The second-order valence-electron chi connectivity index (χ2n) is 7.23. The zero-order chi connectivity index (χ0) is 21.6. The number of hydrogen-bond acceptors (Lipinski definition) is 4. The maximum Gasteiger partial charge on any atom is 0.224 e. The topological polar surface area (TPSA) is 60.5 Å². The zero-order valence-electron chi connectivity index (χ0n) is 17.6. The Kier molecular flexibility index (Phi) is 6.13. The summed E-state index contributed by atoms with van der Waals surface area (Å²) < 4.78 is 10.5. The van der Waals surface area contributed by atoms with E-state index in [1.165, 1.54) is 0 Å². The van der Waals surface area contributed by atoms with Crippen LogP contribution in [0.25, 0.3) is 21.9 Å². The Labute approximate surface area is 181 Å². The number of nitrogens with zero attached hydrogens (tertiary/aromatic N) is 1. The molecule has 1 N–H and O–H groups in total. The fraction of sp³-hybridized carbons (Fsp3) is 0.154. The summed E-state index contributed by atoms with van der Waals surface area (Å²) in [7, 11) is 3.29. The highest BCUT2D eigenvalue weighted by molar-refractivity contribution is 5.98. The molecule has 0 aliphatic rings. The standard InChI is InChI=1S/C26H24N2O3/c1-30-21-9-6-18(7-10-21)14-26(29)28-16-20-8-11-23(24-12-13-27-17-25(20)24)19-4-3-5-22(15-19)31-2/h3-13,15,17H,14,16H2,1-2H3,(H,28,29). The third-order valence-corrected chi connectivity index (χ3v) is 5.29. The first kappa shape index (κ1) is 20.4. The molecule has 0 atom stereocenters. The van der Waals surface area contributed by atoms with Gasteiger partial charge in [0.1, 0.15) is 11.5 Å². The van der Waals surface area contributed by atoms with Crippen LogP contribution in [0.2, 0.25) is 0 Å². The minimum absolute atomic E-state index is 0.0286. The van der Waals surface area contributed by atoms with Crippen molar-refractivity contribution in [3.8, 4) is 22.6 Å². The third-order valence-electron chi connectivity index (χ3n) is 5.29. The Morgan fingerprint density at radius 1 is 0.903 bits per heavy atom. The van der Waals surface area contributed by atoms with Crippen molar-refractivity contribution in [2.45, 2.75) is 13.0 Å². The second kappa shape index (κ2) is 9.30. The van der Waals surface area contributed by atoms with Crippen LogP contribution >= 0.6 is 0 Å². The maximum absolute atomic E-state index is 12.5. The zero-order valence-corrected chi connectivity index (χ0v) is 17.6. The van der Waals surface area contributed by atoms with Gasteiger partial charge in [-0.1, -0.05) is 36.4 Å². The van der Waals surface area contributed by atoms with Crippen molar-refractivity contribution in [3.63, 3.8) is 0 Å². The summed E-state index contributed by atoms with van der Waals surface area (Å²) in [5.41, 5.74) is 4.14. The van der Waals surface area contributed by atoms with Gasteiger partial charge in [-0.25, -0.2) is 0 Å². The van der Waals surface area contributed by atoms with Crippen LogP contribution < -0.4 is 14.8 Å². The molecule has 5 nitrogen and oxygen atoms in total. The van der Waals surface area contributed by atoms with Gasteiger partial charge in [0.25, 0.3) is 0 Å². The number of ether oxygens (including phenoxy) is 2. The quantitative estimate of drug-likeness (QED) is 0.475. The van der Waals surface area contributed by atoms with Gasteiger partial charge in [-0.2, -0.15) is 0 Å². The minimum Gasteiger partial charge on any atom is -0.497 e. The van der Waals surface area contributed by atoms with Gasteiger partial charge in [0.15, 0.2) is 0 Å². The monoisotopic (exact) mass is 412 g/mol. The van der Waals surface area contributed by atoms with Gasteiger partial charge in [-0.15, -0.1) is 0 Å². The van der Waals surface area contributed by atoms with Gasteiger partial charge >= 0.3 is 0 Å². The maximum atomic E-state index is 12.5. The Morgan fingerprint density at radius 2 is 1.71 bits per heavy atom. The van der Waals surface area contributed by atoms with Crippen LogP contribution in [-0.4, -0.2) is 25.1 Å². The van der Waals surface area contributed by atoms with Crippen molar-refractivity contribution >= 4 is 16.7 Å². The van der Waals surface area contributed by atoms with Gasteiger partial charge in [-0.05, 0) is 58.0 Å². The third kappa shape index (κ3) is 4.67. The van der Waals surface area contributed by atoms with E-state index in [9.17, 15) is 4.79 Å². The van der Waals surface area contributed by atoms with E-state index in [0.29, 0.717) is 13.0 Å². The molecule has 4 rings (SSSR count). The van der Waals surface area contributed by atoms with Crippen molar-refractivity contribution in [2.75, 3.05) is 14.2 Å². The molecule has 0 saturated heterocycles. The Hall–Kier alpha value is -3.86. The lowest BCUT2D eigenvalue weighted by Crippen LogP contribution is -2.24. The van der Waals surface area contributed by atoms with Crippen LogP contribution in [0.3, 0.4) is 0 Å². The molecule has 0 fully saturated rings. The fourth-order valence-electron chi connectivity index (χ4n) is 3.63. The molecule has 156 valence electrons. The molecule has 1 amide bonds. The molecule has 0 radical (unpaired) electrons. The van der Waals surface area contributed by atoms with E-state index < -0.39 is 0 Å². The largest absolute Gasteiger partial charge is 0.497 e. The molecule has 0 aliphatic heterocycles. The number of methoxy groups -OCH3 is 2. The molecular weight excluding hydrogens is 388 g/mol. The van der Waals surface area contributed by atoms with Crippen molar-refractivity contribution in [2.24, 2.45) is 0 Å². The number of nitrogens with one attached hydrogen (secondary N) is 1. The van der Waals surface area contributed by atoms with Gasteiger partial charge in [0.2, 0.25) is 5.91 Å². The van der Waals surface area contributed by atoms with Gasteiger partial charge in [0.05, 0.1) is 20.6 Å². The fourth-order valence-corrected chi connectivity index (χ4v) is 3.63. The number of pyridine rings is 1.